The molecule has 0 bridgehead atoms. The Morgan fingerprint density at radius 2 is 2.47 bits per heavy atom. The maximum atomic E-state index is 5.63. The normalized spacial score (nSPS) is 23.1. The van der Waals surface area contributed by atoms with E-state index in [1.165, 1.54) is 30.2 Å². The van der Waals surface area contributed by atoms with Crippen molar-refractivity contribution in [1.82, 2.24) is 9.88 Å². The summed E-state index contributed by atoms with van der Waals surface area (Å²) in [6.07, 6.45) is 3.51. The largest absolute Gasteiger partial charge is 0.330 e. The van der Waals surface area contributed by atoms with Gasteiger partial charge in [0.05, 0.1) is 10.7 Å². The van der Waals surface area contributed by atoms with Crippen LogP contribution in [0.5, 0.6) is 0 Å². The lowest BCUT2D eigenvalue weighted by molar-refractivity contribution is 0.411. The van der Waals surface area contributed by atoms with Gasteiger partial charge >= 0.3 is 0 Å². The fourth-order valence-electron chi connectivity index (χ4n) is 2.29. The molecule has 1 saturated heterocycles. The van der Waals surface area contributed by atoms with E-state index in [2.05, 4.69) is 24.3 Å². The Morgan fingerprint density at radius 1 is 1.65 bits per heavy atom. The minimum absolute atomic E-state index is 0.611. The molecule has 2 unspecified atom stereocenters. The minimum atomic E-state index is 0.611. The van der Waals surface area contributed by atoms with Gasteiger partial charge in [0.1, 0.15) is 0 Å². The van der Waals surface area contributed by atoms with Crippen molar-refractivity contribution in [2.75, 3.05) is 26.7 Å². The molecule has 2 N–H and O–H groups in total. The lowest BCUT2D eigenvalue weighted by Gasteiger charge is -2.07. The third-order valence-electron chi connectivity index (χ3n) is 3.63. The summed E-state index contributed by atoms with van der Waals surface area (Å²) in [5.41, 5.74) is 6.95. The maximum Gasteiger partial charge on any atom is 0.0928 e. The fourth-order valence-corrected chi connectivity index (χ4v) is 3.19. The molecule has 1 aliphatic rings. The molecular formula is C13H23N3S. The molecule has 0 saturated carbocycles. The molecule has 0 spiro atoms. The van der Waals surface area contributed by atoms with Crippen molar-refractivity contribution in [3.63, 3.8) is 0 Å². The van der Waals surface area contributed by atoms with Gasteiger partial charge in [0.25, 0.3) is 0 Å². The molecule has 2 heterocycles. The van der Waals surface area contributed by atoms with Crippen LogP contribution in [0.3, 0.4) is 0 Å². The van der Waals surface area contributed by atoms with Crippen molar-refractivity contribution in [1.29, 1.82) is 0 Å². The number of aromatic nitrogens is 1. The number of nitrogens with two attached hydrogens (primary N) is 1. The lowest BCUT2D eigenvalue weighted by atomic mass is 10.1. The standard InChI is InChI=1S/C13H23N3S/c1-10(7-14)3-4-13-15-12(9-17-13)11-5-6-16(2)8-11/h9-11H,3-8,14H2,1-2H3. The summed E-state index contributed by atoms with van der Waals surface area (Å²) >= 11 is 1.82. The number of rotatable bonds is 5. The Hall–Kier alpha value is -0.450. The Labute approximate surface area is 108 Å². The second-order valence-electron chi connectivity index (χ2n) is 5.29. The summed E-state index contributed by atoms with van der Waals surface area (Å²) in [6.45, 7) is 5.37. The van der Waals surface area contributed by atoms with Gasteiger partial charge in [-0.25, -0.2) is 4.98 Å². The molecule has 0 amide bonds. The average Bonchev–Trinajstić information content (AvgIpc) is 2.94. The molecule has 2 rings (SSSR count). The number of hydrogen-bond donors (Lipinski definition) is 1. The van der Waals surface area contributed by atoms with Gasteiger partial charge in [-0.3, -0.25) is 0 Å². The highest BCUT2D eigenvalue weighted by Gasteiger charge is 2.23. The van der Waals surface area contributed by atoms with E-state index in [9.17, 15) is 0 Å². The van der Waals surface area contributed by atoms with E-state index in [0.29, 0.717) is 11.8 Å². The number of thiazole rings is 1. The topological polar surface area (TPSA) is 42.1 Å². The first-order chi connectivity index (χ1) is 8.19. The van der Waals surface area contributed by atoms with Crippen molar-refractivity contribution in [3.05, 3.63) is 16.1 Å². The monoisotopic (exact) mass is 253 g/mol. The maximum absolute atomic E-state index is 5.63. The van der Waals surface area contributed by atoms with Crippen LogP contribution in [0, 0.1) is 5.92 Å². The molecule has 1 aromatic rings. The van der Waals surface area contributed by atoms with E-state index in [1.807, 2.05) is 11.3 Å². The van der Waals surface area contributed by atoms with Crippen LogP contribution in [-0.2, 0) is 6.42 Å². The van der Waals surface area contributed by atoms with E-state index in [4.69, 9.17) is 10.7 Å². The number of likely N-dealkylation sites (N-methyl/N-ethyl adjacent to an activating group) is 1. The predicted octanol–water partition coefficient (Wildman–Crippen LogP) is 2.09. The van der Waals surface area contributed by atoms with Crippen LogP contribution < -0.4 is 5.73 Å². The molecule has 1 aromatic heterocycles. The highest BCUT2D eigenvalue weighted by Crippen LogP contribution is 2.27. The van der Waals surface area contributed by atoms with E-state index in [1.54, 1.807) is 0 Å². The second-order valence-corrected chi connectivity index (χ2v) is 6.24. The van der Waals surface area contributed by atoms with Gasteiger partial charge in [-0.05, 0) is 45.3 Å². The smallest absolute Gasteiger partial charge is 0.0928 e. The molecule has 17 heavy (non-hydrogen) atoms. The Balaban J connectivity index is 1.87. The van der Waals surface area contributed by atoms with Gasteiger partial charge in [0, 0.05) is 17.8 Å². The number of hydrogen-bond acceptors (Lipinski definition) is 4. The quantitative estimate of drug-likeness (QED) is 0.873. The molecule has 2 atom stereocenters. The Morgan fingerprint density at radius 3 is 3.12 bits per heavy atom. The zero-order valence-corrected chi connectivity index (χ0v) is 11.7. The van der Waals surface area contributed by atoms with Crippen molar-refractivity contribution < 1.29 is 0 Å². The van der Waals surface area contributed by atoms with Gasteiger partial charge in [-0.15, -0.1) is 11.3 Å². The van der Waals surface area contributed by atoms with Crippen LogP contribution in [-0.4, -0.2) is 36.6 Å². The number of likely N-dealkylation sites (tertiary alicyclic amines) is 1. The van der Waals surface area contributed by atoms with Crippen molar-refractivity contribution in [3.8, 4) is 0 Å². The summed E-state index contributed by atoms with van der Waals surface area (Å²) < 4.78 is 0. The predicted molar refractivity (Wildman–Crippen MR) is 73.5 cm³/mol. The zero-order valence-electron chi connectivity index (χ0n) is 10.9. The first-order valence-corrected chi connectivity index (χ1v) is 7.40. The summed E-state index contributed by atoms with van der Waals surface area (Å²) in [7, 11) is 2.19. The molecular weight excluding hydrogens is 230 g/mol. The molecule has 4 heteroatoms. The third-order valence-corrected chi connectivity index (χ3v) is 4.56. The SMILES string of the molecule is CC(CN)CCc1nc(C2CCN(C)C2)cs1. The van der Waals surface area contributed by atoms with Gasteiger partial charge in [0.2, 0.25) is 0 Å². The highest BCUT2D eigenvalue weighted by molar-refractivity contribution is 7.09. The van der Waals surface area contributed by atoms with Crippen LogP contribution >= 0.6 is 11.3 Å². The zero-order chi connectivity index (χ0) is 12.3. The van der Waals surface area contributed by atoms with Gasteiger partial charge in [-0.2, -0.15) is 0 Å². The van der Waals surface area contributed by atoms with E-state index in [0.717, 1.165) is 19.4 Å². The summed E-state index contributed by atoms with van der Waals surface area (Å²) in [4.78, 5) is 7.17. The second kappa shape index (κ2) is 5.94. The lowest BCUT2D eigenvalue weighted by Crippen LogP contribution is -2.13. The molecule has 0 aliphatic carbocycles. The summed E-state index contributed by atoms with van der Waals surface area (Å²) in [5.74, 6) is 1.27. The van der Waals surface area contributed by atoms with Gasteiger partial charge < -0.3 is 10.6 Å². The van der Waals surface area contributed by atoms with Crippen molar-refractivity contribution >= 4 is 11.3 Å². The van der Waals surface area contributed by atoms with Crippen molar-refractivity contribution in [2.45, 2.75) is 32.1 Å². The molecule has 96 valence electrons. The molecule has 1 fully saturated rings. The molecule has 3 nitrogen and oxygen atoms in total. The third kappa shape index (κ3) is 3.50. The summed E-state index contributed by atoms with van der Waals surface area (Å²) in [5, 5.41) is 3.54. The summed E-state index contributed by atoms with van der Waals surface area (Å²) in [6, 6.07) is 0. The van der Waals surface area contributed by atoms with Crippen molar-refractivity contribution in [2.24, 2.45) is 11.7 Å². The van der Waals surface area contributed by atoms with Gasteiger partial charge in [0.15, 0.2) is 0 Å². The average molecular weight is 253 g/mol. The molecule has 0 radical (unpaired) electrons. The van der Waals surface area contributed by atoms with Crippen LogP contribution in [0.1, 0.15) is 36.4 Å². The van der Waals surface area contributed by atoms with E-state index in [-0.39, 0.29) is 0 Å². The van der Waals surface area contributed by atoms with Crippen LogP contribution in [0.4, 0.5) is 0 Å². The first-order valence-electron chi connectivity index (χ1n) is 6.52. The highest BCUT2D eigenvalue weighted by atomic mass is 32.1. The van der Waals surface area contributed by atoms with Crippen LogP contribution in [0.15, 0.2) is 5.38 Å². The molecule has 0 aromatic carbocycles. The van der Waals surface area contributed by atoms with Gasteiger partial charge in [-0.1, -0.05) is 6.92 Å². The fraction of sp³-hybridized carbons (Fsp3) is 0.769. The first kappa shape index (κ1) is 13.0. The minimum Gasteiger partial charge on any atom is -0.330 e. The number of nitrogens with zero attached hydrogens (tertiary/aromatic N) is 2. The Bertz CT molecular complexity index is 350. The van der Waals surface area contributed by atoms with Crippen LogP contribution in [0.25, 0.3) is 0 Å². The van der Waals surface area contributed by atoms with Crippen LogP contribution in [0.2, 0.25) is 0 Å². The molecule has 1 aliphatic heterocycles. The van der Waals surface area contributed by atoms with E-state index >= 15 is 0 Å². The number of aryl methyl sites for hydroxylation is 1. The Kier molecular flexibility index (Phi) is 4.54. The van der Waals surface area contributed by atoms with E-state index < -0.39 is 0 Å².